The molecule has 0 bridgehead atoms. The summed E-state index contributed by atoms with van der Waals surface area (Å²) in [5, 5.41) is 9.70. The Kier molecular flexibility index (Phi) is 4.95. The zero-order valence-corrected chi connectivity index (χ0v) is 14.2. The summed E-state index contributed by atoms with van der Waals surface area (Å²) >= 11 is 0. The smallest absolute Gasteiger partial charge is 0.253 e. The molecule has 2 aromatic rings. The second-order valence-electron chi connectivity index (χ2n) is 6.79. The molecule has 4 nitrogen and oxygen atoms in total. The Bertz CT molecular complexity index is 683. The van der Waals surface area contributed by atoms with Crippen LogP contribution in [0.15, 0.2) is 48.7 Å². The molecule has 24 heavy (non-hydrogen) atoms. The lowest BCUT2D eigenvalue weighted by Gasteiger charge is -2.17. The lowest BCUT2D eigenvalue weighted by Crippen LogP contribution is -2.29. The van der Waals surface area contributed by atoms with Crippen LogP contribution >= 0.6 is 0 Å². The molecule has 2 heterocycles. The van der Waals surface area contributed by atoms with Crippen LogP contribution in [0.5, 0.6) is 0 Å². The normalized spacial score (nSPS) is 20.6. The molecule has 2 atom stereocenters. The van der Waals surface area contributed by atoms with E-state index < -0.39 is 0 Å². The molecule has 1 aliphatic heterocycles. The van der Waals surface area contributed by atoms with E-state index in [4.69, 9.17) is 0 Å². The summed E-state index contributed by atoms with van der Waals surface area (Å²) in [6.45, 7) is 5.52. The Morgan fingerprint density at radius 2 is 1.96 bits per heavy atom. The van der Waals surface area contributed by atoms with Crippen molar-refractivity contribution in [2.45, 2.75) is 25.7 Å². The van der Waals surface area contributed by atoms with E-state index in [1.807, 2.05) is 47.4 Å². The third-order valence-electron chi connectivity index (χ3n) is 4.85. The van der Waals surface area contributed by atoms with E-state index >= 15 is 0 Å². The van der Waals surface area contributed by atoms with Gasteiger partial charge in [0.1, 0.15) is 0 Å². The van der Waals surface area contributed by atoms with Gasteiger partial charge >= 0.3 is 0 Å². The fourth-order valence-electron chi connectivity index (χ4n) is 3.35. The molecule has 0 radical (unpaired) electrons. The van der Waals surface area contributed by atoms with Crippen LogP contribution in [0, 0.1) is 5.92 Å². The molecule has 1 amide bonds. The van der Waals surface area contributed by atoms with E-state index in [2.05, 4.69) is 18.8 Å². The molecule has 0 saturated carbocycles. The van der Waals surface area contributed by atoms with Crippen LogP contribution in [0.25, 0.3) is 0 Å². The number of hydrogen-bond donors (Lipinski definition) is 1. The summed E-state index contributed by atoms with van der Waals surface area (Å²) in [6.07, 6.45) is 1.76. The number of aliphatic hydroxyl groups excluding tert-OH is 1. The number of rotatable bonds is 4. The molecule has 1 saturated heterocycles. The van der Waals surface area contributed by atoms with E-state index in [0.717, 1.165) is 5.69 Å². The predicted octanol–water partition coefficient (Wildman–Crippen LogP) is 3.05. The Hall–Kier alpha value is -2.20. The summed E-state index contributed by atoms with van der Waals surface area (Å²) in [7, 11) is 0. The highest BCUT2D eigenvalue weighted by atomic mass is 16.3. The molecular formula is C20H24N2O2. The minimum absolute atomic E-state index is 0.0298. The number of carbonyl (C=O) groups excluding carboxylic acids is 1. The largest absolute Gasteiger partial charge is 0.396 e. The molecule has 1 fully saturated rings. The highest BCUT2D eigenvalue weighted by Gasteiger charge is 2.36. The van der Waals surface area contributed by atoms with Crippen LogP contribution in [0.4, 0.5) is 0 Å². The third-order valence-corrected chi connectivity index (χ3v) is 4.85. The maximum atomic E-state index is 12.8. The summed E-state index contributed by atoms with van der Waals surface area (Å²) in [5.74, 6) is 0.615. The Balaban J connectivity index is 1.76. The molecule has 0 aliphatic carbocycles. The second kappa shape index (κ2) is 7.14. The number of aliphatic hydroxyl groups is 1. The monoisotopic (exact) mass is 324 g/mol. The summed E-state index contributed by atoms with van der Waals surface area (Å²) < 4.78 is 0. The quantitative estimate of drug-likeness (QED) is 0.940. The molecule has 0 spiro atoms. The maximum absolute atomic E-state index is 12.8. The zero-order valence-electron chi connectivity index (χ0n) is 14.2. The van der Waals surface area contributed by atoms with Gasteiger partial charge in [-0.2, -0.15) is 0 Å². The molecule has 1 N–H and O–H groups in total. The number of likely N-dealkylation sites (tertiary alicyclic amines) is 1. The Morgan fingerprint density at radius 1 is 1.21 bits per heavy atom. The summed E-state index contributed by atoms with van der Waals surface area (Å²) in [4.78, 5) is 19.0. The van der Waals surface area contributed by atoms with E-state index in [-0.39, 0.29) is 24.3 Å². The lowest BCUT2D eigenvalue weighted by molar-refractivity contribution is 0.0781. The minimum atomic E-state index is 0.0298. The maximum Gasteiger partial charge on any atom is 0.253 e. The van der Waals surface area contributed by atoms with Crippen molar-refractivity contribution in [3.05, 3.63) is 65.5 Å². The third kappa shape index (κ3) is 3.34. The highest BCUT2D eigenvalue weighted by molar-refractivity contribution is 5.94. The number of carbonyl (C=O) groups is 1. The average molecular weight is 324 g/mol. The van der Waals surface area contributed by atoms with Crippen LogP contribution in [0.2, 0.25) is 0 Å². The van der Waals surface area contributed by atoms with Gasteiger partial charge in [-0.1, -0.05) is 32.0 Å². The number of benzene rings is 1. The molecular weight excluding hydrogens is 300 g/mol. The van der Waals surface area contributed by atoms with E-state index in [1.54, 1.807) is 6.20 Å². The van der Waals surface area contributed by atoms with Gasteiger partial charge in [0.15, 0.2) is 0 Å². The van der Waals surface area contributed by atoms with E-state index in [0.29, 0.717) is 24.6 Å². The first kappa shape index (κ1) is 16.7. The molecule has 1 aromatic carbocycles. The van der Waals surface area contributed by atoms with Gasteiger partial charge in [-0.3, -0.25) is 9.78 Å². The predicted molar refractivity (Wildman–Crippen MR) is 94.0 cm³/mol. The number of hydrogen-bond acceptors (Lipinski definition) is 3. The molecule has 4 heteroatoms. The van der Waals surface area contributed by atoms with E-state index in [1.165, 1.54) is 5.56 Å². The molecule has 126 valence electrons. The van der Waals surface area contributed by atoms with Gasteiger partial charge in [-0.25, -0.2) is 0 Å². The topological polar surface area (TPSA) is 53.4 Å². The van der Waals surface area contributed by atoms with Crippen LogP contribution in [-0.4, -0.2) is 40.6 Å². The van der Waals surface area contributed by atoms with Gasteiger partial charge in [0, 0.05) is 49.0 Å². The molecule has 3 rings (SSSR count). The Labute approximate surface area is 143 Å². The Morgan fingerprint density at radius 3 is 2.54 bits per heavy atom. The fourth-order valence-corrected chi connectivity index (χ4v) is 3.35. The van der Waals surface area contributed by atoms with Crippen molar-refractivity contribution in [3.8, 4) is 0 Å². The standard InChI is InChI=1S/C20H24N2O2/c1-14(2)15-6-8-16(9-7-15)20(24)22-11-17(13-23)18(12-22)19-5-3-4-10-21-19/h3-10,14,17-18,23H,11-13H2,1-2H3/t17-,18+/m0/s1. The van der Waals surface area contributed by atoms with Crippen LogP contribution in [0.1, 0.15) is 47.3 Å². The summed E-state index contributed by atoms with van der Waals surface area (Å²) in [5.41, 5.74) is 2.88. The minimum Gasteiger partial charge on any atom is -0.396 e. The van der Waals surface area contributed by atoms with Crippen LogP contribution < -0.4 is 0 Å². The van der Waals surface area contributed by atoms with Gasteiger partial charge in [-0.05, 0) is 35.7 Å². The first-order chi connectivity index (χ1) is 11.6. The molecule has 1 aromatic heterocycles. The van der Waals surface area contributed by atoms with Crippen molar-refractivity contribution >= 4 is 5.91 Å². The zero-order chi connectivity index (χ0) is 17.1. The number of amides is 1. The van der Waals surface area contributed by atoms with Gasteiger partial charge in [0.05, 0.1) is 0 Å². The van der Waals surface area contributed by atoms with Crippen molar-refractivity contribution in [1.29, 1.82) is 0 Å². The van der Waals surface area contributed by atoms with Crippen molar-refractivity contribution in [2.75, 3.05) is 19.7 Å². The number of aromatic nitrogens is 1. The van der Waals surface area contributed by atoms with Crippen molar-refractivity contribution in [3.63, 3.8) is 0 Å². The van der Waals surface area contributed by atoms with Crippen molar-refractivity contribution in [2.24, 2.45) is 5.92 Å². The van der Waals surface area contributed by atoms with Crippen LogP contribution in [-0.2, 0) is 0 Å². The number of nitrogens with zero attached hydrogens (tertiary/aromatic N) is 2. The van der Waals surface area contributed by atoms with Crippen molar-refractivity contribution < 1.29 is 9.90 Å². The van der Waals surface area contributed by atoms with Crippen LogP contribution in [0.3, 0.4) is 0 Å². The van der Waals surface area contributed by atoms with Gasteiger partial charge in [-0.15, -0.1) is 0 Å². The first-order valence-electron chi connectivity index (χ1n) is 8.51. The van der Waals surface area contributed by atoms with Gasteiger partial charge < -0.3 is 10.0 Å². The molecule has 1 aliphatic rings. The van der Waals surface area contributed by atoms with E-state index in [9.17, 15) is 9.90 Å². The second-order valence-corrected chi connectivity index (χ2v) is 6.79. The highest BCUT2D eigenvalue weighted by Crippen LogP contribution is 2.32. The summed E-state index contributed by atoms with van der Waals surface area (Å²) in [6, 6.07) is 13.6. The number of pyridine rings is 1. The van der Waals surface area contributed by atoms with Crippen molar-refractivity contribution in [1.82, 2.24) is 9.88 Å². The first-order valence-corrected chi connectivity index (χ1v) is 8.51. The fraction of sp³-hybridized carbons (Fsp3) is 0.400. The molecule has 0 unspecified atom stereocenters. The average Bonchev–Trinajstić information content (AvgIpc) is 3.06. The lowest BCUT2D eigenvalue weighted by atomic mass is 9.93. The SMILES string of the molecule is CC(C)c1ccc(C(=O)N2C[C@@H](CO)[C@H](c3ccccn3)C2)cc1. The van der Waals surface area contributed by atoms with Gasteiger partial charge in [0.2, 0.25) is 0 Å². The van der Waals surface area contributed by atoms with Gasteiger partial charge in [0.25, 0.3) is 5.91 Å².